The lowest BCUT2D eigenvalue weighted by molar-refractivity contribution is 0.967. The van der Waals surface area contributed by atoms with Crippen LogP contribution in [-0.2, 0) is 0 Å². The summed E-state index contributed by atoms with van der Waals surface area (Å²) in [5, 5.41) is 0.742. The van der Waals surface area contributed by atoms with Crippen molar-refractivity contribution in [2.45, 2.75) is 10.1 Å². The molecule has 0 spiro atoms. The summed E-state index contributed by atoms with van der Waals surface area (Å²) in [5.74, 6) is 0. The zero-order valence-corrected chi connectivity index (χ0v) is 10.9. The van der Waals surface area contributed by atoms with Gasteiger partial charge in [-0.2, -0.15) is 0 Å². The highest BCUT2D eigenvalue weighted by atomic mass is 32.2. The fourth-order valence-electron chi connectivity index (χ4n) is 1.73. The van der Waals surface area contributed by atoms with Gasteiger partial charge >= 0.3 is 0 Å². The predicted molar refractivity (Wildman–Crippen MR) is 75.8 cm³/mol. The van der Waals surface area contributed by atoms with Crippen molar-refractivity contribution in [2.24, 2.45) is 0 Å². The van der Waals surface area contributed by atoms with E-state index in [1.54, 1.807) is 30.4 Å². The van der Waals surface area contributed by atoms with Crippen LogP contribution < -0.4 is 0 Å². The van der Waals surface area contributed by atoms with Crippen LogP contribution in [0.4, 0.5) is 0 Å². The Morgan fingerprint density at radius 2 is 1.42 bits per heavy atom. The highest BCUT2D eigenvalue weighted by molar-refractivity contribution is 7.99. The quantitative estimate of drug-likeness (QED) is 0.677. The summed E-state index contributed by atoms with van der Waals surface area (Å²) in [7, 11) is 0. The fourth-order valence-corrected chi connectivity index (χ4v) is 2.58. The van der Waals surface area contributed by atoms with Gasteiger partial charge in [0.05, 0.1) is 5.69 Å². The SMILES string of the molecule is c1ccc(-c2ccccc2Sc2ncccn2)nc1. The minimum atomic E-state index is 0.742. The third kappa shape index (κ3) is 2.80. The molecular weight excluding hydrogens is 254 g/mol. The number of benzene rings is 1. The van der Waals surface area contributed by atoms with Gasteiger partial charge in [-0.15, -0.1) is 0 Å². The number of nitrogens with zero attached hydrogens (tertiary/aromatic N) is 3. The molecule has 1 aromatic carbocycles. The molecule has 0 amide bonds. The summed E-state index contributed by atoms with van der Waals surface area (Å²) in [6.07, 6.45) is 5.30. The van der Waals surface area contributed by atoms with Crippen molar-refractivity contribution in [3.05, 3.63) is 67.1 Å². The van der Waals surface area contributed by atoms with Crippen LogP contribution in [-0.4, -0.2) is 15.0 Å². The molecule has 0 aliphatic rings. The lowest BCUT2D eigenvalue weighted by Gasteiger charge is -2.07. The lowest BCUT2D eigenvalue weighted by atomic mass is 10.1. The molecule has 3 nitrogen and oxygen atoms in total. The number of hydrogen-bond donors (Lipinski definition) is 0. The van der Waals surface area contributed by atoms with Gasteiger partial charge in [-0.25, -0.2) is 9.97 Å². The largest absolute Gasteiger partial charge is 0.256 e. The molecule has 2 aromatic heterocycles. The van der Waals surface area contributed by atoms with Crippen molar-refractivity contribution < 1.29 is 0 Å². The molecule has 2 heterocycles. The Morgan fingerprint density at radius 1 is 0.684 bits per heavy atom. The molecule has 0 radical (unpaired) electrons. The first-order chi connectivity index (χ1) is 9.43. The Hall–Kier alpha value is -2.20. The molecule has 0 fully saturated rings. The van der Waals surface area contributed by atoms with E-state index in [1.807, 2.05) is 36.4 Å². The van der Waals surface area contributed by atoms with Crippen molar-refractivity contribution in [2.75, 3.05) is 0 Å². The summed E-state index contributed by atoms with van der Waals surface area (Å²) in [5.41, 5.74) is 2.06. The Kier molecular flexibility index (Phi) is 3.51. The standard InChI is InChI=1S/C15H11N3S/c1-2-8-14(19-15-17-10-5-11-18-15)12(6-1)13-7-3-4-9-16-13/h1-11H. The molecule has 0 saturated carbocycles. The van der Waals surface area contributed by atoms with Gasteiger partial charge in [-0.3, -0.25) is 4.98 Å². The van der Waals surface area contributed by atoms with Crippen LogP contribution in [0.25, 0.3) is 11.3 Å². The molecular formula is C15H11N3S. The first kappa shape index (κ1) is 11.9. The Balaban J connectivity index is 1.99. The summed E-state index contributed by atoms with van der Waals surface area (Å²) < 4.78 is 0. The molecule has 3 rings (SSSR count). The molecule has 0 unspecified atom stereocenters. The van der Waals surface area contributed by atoms with E-state index in [0.717, 1.165) is 21.3 Å². The zero-order valence-electron chi connectivity index (χ0n) is 10.1. The van der Waals surface area contributed by atoms with Gasteiger partial charge in [0.1, 0.15) is 0 Å². The summed E-state index contributed by atoms with van der Waals surface area (Å²) in [6.45, 7) is 0. The van der Waals surface area contributed by atoms with Crippen LogP contribution in [0, 0.1) is 0 Å². The van der Waals surface area contributed by atoms with Crippen LogP contribution in [0.15, 0.2) is 77.2 Å². The van der Waals surface area contributed by atoms with Gasteiger partial charge in [0.25, 0.3) is 0 Å². The predicted octanol–water partition coefficient (Wildman–Crippen LogP) is 3.69. The Morgan fingerprint density at radius 3 is 2.21 bits per heavy atom. The molecule has 0 bridgehead atoms. The molecule has 0 N–H and O–H groups in total. The van der Waals surface area contributed by atoms with Crippen LogP contribution >= 0.6 is 11.8 Å². The molecule has 0 atom stereocenters. The van der Waals surface area contributed by atoms with Gasteiger partial charge < -0.3 is 0 Å². The topological polar surface area (TPSA) is 38.7 Å². The second kappa shape index (κ2) is 5.63. The number of rotatable bonds is 3. The molecule has 0 aliphatic heterocycles. The van der Waals surface area contributed by atoms with E-state index in [2.05, 4.69) is 27.1 Å². The summed E-state index contributed by atoms with van der Waals surface area (Å²) in [4.78, 5) is 14.0. The summed E-state index contributed by atoms with van der Waals surface area (Å²) >= 11 is 1.55. The van der Waals surface area contributed by atoms with Crippen molar-refractivity contribution >= 4 is 11.8 Å². The normalized spacial score (nSPS) is 10.3. The lowest BCUT2D eigenvalue weighted by Crippen LogP contribution is -1.87. The highest BCUT2D eigenvalue weighted by Gasteiger charge is 2.07. The second-order valence-corrected chi connectivity index (χ2v) is 4.85. The van der Waals surface area contributed by atoms with Crippen molar-refractivity contribution in [3.8, 4) is 11.3 Å². The minimum Gasteiger partial charge on any atom is -0.256 e. The van der Waals surface area contributed by atoms with E-state index in [0.29, 0.717) is 0 Å². The average Bonchev–Trinajstić information content (AvgIpc) is 2.50. The fraction of sp³-hybridized carbons (Fsp3) is 0. The molecule has 3 aromatic rings. The van der Waals surface area contributed by atoms with Crippen LogP contribution in [0.2, 0.25) is 0 Å². The van der Waals surface area contributed by atoms with Gasteiger partial charge in [-0.1, -0.05) is 24.3 Å². The molecule has 0 aliphatic carbocycles. The second-order valence-electron chi connectivity index (χ2n) is 3.84. The van der Waals surface area contributed by atoms with Gasteiger partial charge in [-0.05, 0) is 36.0 Å². The van der Waals surface area contributed by atoms with Crippen LogP contribution in [0.1, 0.15) is 0 Å². The summed E-state index contributed by atoms with van der Waals surface area (Å²) in [6, 6.07) is 15.9. The Bertz CT molecular complexity index is 657. The van der Waals surface area contributed by atoms with Crippen molar-refractivity contribution in [1.82, 2.24) is 15.0 Å². The zero-order chi connectivity index (χ0) is 12.9. The molecule has 92 valence electrons. The number of aromatic nitrogens is 3. The molecule has 4 heteroatoms. The number of pyridine rings is 1. The van der Waals surface area contributed by atoms with E-state index < -0.39 is 0 Å². The van der Waals surface area contributed by atoms with E-state index in [-0.39, 0.29) is 0 Å². The van der Waals surface area contributed by atoms with E-state index >= 15 is 0 Å². The average molecular weight is 265 g/mol. The maximum atomic E-state index is 4.40. The van der Waals surface area contributed by atoms with Crippen LogP contribution in [0.3, 0.4) is 0 Å². The monoisotopic (exact) mass is 265 g/mol. The van der Waals surface area contributed by atoms with E-state index in [9.17, 15) is 0 Å². The van der Waals surface area contributed by atoms with Gasteiger partial charge in [0.2, 0.25) is 0 Å². The van der Waals surface area contributed by atoms with Gasteiger partial charge in [0, 0.05) is 29.0 Å². The van der Waals surface area contributed by atoms with Crippen LogP contribution in [0.5, 0.6) is 0 Å². The smallest absolute Gasteiger partial charge is 0.192 e. The number of hydrogen-bond acceptors (Lipinski definition) is 4. The minimum absolute atomic E-state index is 0.742. The molecule has 19 heavy (non-hydrogen) atoms. The van der Waals surface area contributed by atoms with Crippen molar-refractivity contribution in [1.29, 1.82) is 0 Å². The first-order valence-corrected chi connectivity index (χ1v) is 6.70. The molecule has 0 saturated heterocycles. The van der Waals surface area contributed by atoms with E-state index in [4.69, 9.17) is 0 Å². The third-order valence-corrected chi connectivity index (χ3v) is 3.54. The van der Waals surface area contributed by atoms with Crippen molar-refractivity contribution in [3.63, 3.8) is 0 Å². The maximum Gasteiger partial charge on any atom is 0.192 e. The maximum absolute atomic E-state index is 4.40. The first-order valence-electron chi connectivity index (χ1n) is 5.89. The van der Waals surface area contributed by atoms with E-state index in [1.165, 1.54) is 0 Å². The highest BCUT2D eigenvalue weighted by Crippen LogP contribution is 2.32. The van der Waals surface area contributed by atoms with Gasteiger partial charge in [0.15, 0.2) is 5.16 Å². The Labute approximate surface area is 115 Å². The third-order valence-electron chi connectivity index (χ3n) is 2.57.